The summed E-state index contributed by atoms with van der Waals surface area (Å²) in [5.41, 5.74) is 0.820. The van der Waals surface area contributed by atoms with Crippen molar-refractivity contribution in [1.29, 1.82) is 0 Å². The van der Waals surface area contributed by atoms with E-state index in [-0.39, 0.29) is 6.04 Å². The molecule has 21 heavy (non-hydrogen) atoms. The Morgan fingerprint density at radius 3 is 2.67 bits per heavy atom. The van der Waals surface area contributed by atoms with Gasteiger partial charge in [0.2, 0.25) is 10.0 Å². The third-order valence-electron chi connectivity index (χ3n) is 3.62. The van der Waals surface area contributed by atoms with E-state index in [9.17, 15) is 8.42 Å². The standard InChI is InChI=1S/C15H21ClN2O2S/c1-2-18(15-4-3-10-17-12-15)21(19,20)11-9-13-5-7-14(16)8-6-13/h5-9,11,15,17H,2-4,10,12H2,1H3. The average Bonchev–Trinajstić information content (AvgIpc) is 2.48. The van der Waals surface area contributed by atoms with Gasteiger partial charge in [0, 0.05) is 29.6 Å². The van der Waals surface area contributed by atoms with Crippen LogP contribution in [0.25, 0.3) is 6.08 Å². The molecule has 2 rings (SSSR count). The number of nitrogens with zero attached hydrogens (tertiary/aromatic N) is 1. The van der Waals surface area contributed by atoms with Crippen molar-refractivity contribution in [3.63, 3.8) is 0 Å². The Morgan fingerprint density at radius 2 is 2.10 bits per heavy atom. The highest BCUT2D eigenvalue weighted by atomic mass is 35.5. The number of piperidine rings is 1. The number of benzene rings is 1. The molecule has 6 heteroatoms. The molecular weight excluding hydrogens is 308 g/mol. The fraction of sp³-hybridized carbons (Fsp3) is 0.467. The van der Waals surface area contributed by atoms with Crippen molar-refractivity contribution >= 4 is 27.7 Å². The maximum absolute atomic E-state index is 12.5. The fourth-order valence-corrected chi connectivity index (χ4v) is 4.11. The second kappa shape index (κ2) is 7.40. The van der Waals surface area contributed by atoms with Crippen LogP contribution in [0.1, 0.15) is 25.3 Å². The van der Waals surface area contributed by atoms with Crippen LogP contribution in [0.5, 0.6) is 0 Å². The first-order valence-electron chi connectivity index (χ1n) is 7.19. The lowest BCUT2D eigenvalue weighted by Crippen LogP contribution is -2.47. The Balaban J connectivity index is 2.13. The number of sulfonamides is 1. The summed E-state index contributed by atoms with van der Waals surface area (Å²) in [6.45, 7) is 4.05. The van der Waals surface area contributed by atoms with E-state index in [0.717, 1.165) is 31.5 Å². The normalized spacial score (nSPS) is 20.2. The molecule has 1 saturated heterocycles. The third-order valence-corrected chi connectivity index (χ3v) is 5.56. The molecule has 1 heterocycles. The average molecular weight is 329 g/mol. The number of hydrogen-bond acceptors (Lipinski definition) is 3. The molecule has 1 aromatic rings. The Kier molecular flexibility index (Phi) is 5.81. The van der Waals surface area contributed by atoms with Crippen LogP contribution in [-0.4, -0.2) is 38.4 Å². The predicted molar refractivity (Wildman–Crippen MR) is 87.7 cm³/mol. The van der Waals surface area contributed by atoms with Crippen LogP contribution in [0.3, 0.4) is 0 Å². The number of nitrogens with one attached hydrogen (secondary N) is 1. The van der Waals surface area contributed by atoms with Crippen LogP contribution >= 0.6 is 11.6 Å². The monoisotopic (exact) mass is 328 g/mol. The number of rotatable bonds is 5. The lowest BCUT2D eigenvalue weighted by atomic mass is 10.1. The second-order valence-electron chi connectivity index (χ2n) is 5.10. The number of halogens is 1. The van der Waals surface area contributed by atoms with Gasteiger partial charge in [0.15, 0.2) is 0 Å². The molecule has 0 radical (unpaired) electrons. The van der Waals surface area contributed by atoms with Crippen molar-refractivity contribution in [2.75, 3.05) is 19.6 Å². The van der Waals surface area contributed by atoms with Gasteiger partial charge in [0.25, 0.3) is 0 Å². The summed E-state index contributed by atoms with van der Waals surface area (Å²) in [4.78, 5) is 0. The highest BCUT2D eigenvalue weighted by Crippen LogP contribution is 2.17. The lowest BCUT2D eigenvalue weighted by molar-refractivity contribution is 0.277. The van der Waals surface area contributed by atoms with E-state index in [1.54, 1.807) is 34.6 Å². The lowest BCUT2D eigenvalue weighted by Gasteiger charge is -2.32. The topological polar surface area (TPSA) is 49.4 Å². The van der Waals surface area contributed by atoms with E-state index in [0.29, 0.717) is 11.6 Å². The maximum atomic E-state index is 12.5. The molecule has 1 N–H and O–H groups in total. The summed E-state index contributed by atoms with van der Waals surface area (Å²) in [6, 6.07) is 7.13. The van der Waals surface area contributed by atoms with Crippen molar-refractivity contribution in [2.45, 2.75) is 25.8 Å². The van der Waals surface area contributed by atoms with Crippen LogP contribution in [0.2, 0.25) is 5.02 Å². The van der Waals surface area contributed by atoms with Crippen LogP contribution in [0.15, 0.2) is 29.7 Å². The predicted octanol–water partition coefficient (Wildman–Crippen LogP) is 2.71. The smallest absolute Gasteiger partial charge is 0.236 e. The molecular formula is C15H21ClN2O2S. The molecule has 1 aliphatic heterocycles. The third kappa shape index (κ3) is 4.54. The molecule has 1 atom stereocenters. The van der Waals surface area contributed by atoms with E-state index < -0.39 is 10.0 Å². The maximum Gasteiger partial charge on any atom is 0.236 e. The van der Waals surface area contributed by atoms with Crippen molar-refractivity contribution in [3.8, 4) is 0 Å². The minimum atomic E-state index is -3.40. The summed E-state index contributed by atoms with van der Waals surface area (Å²) in [7, 11) is -3.40. The first kappa shape index (κ1) is 16.5. The molecule has 0 aliphatic carbocycles. The highest BCUT2D eigenvalue weighted by molar-refractivity contribution is 7.92. The van der Waals surface area contributed by atoms with Crippen molar-refractivity contribution < 1.29 is 8.42 Å². The minimum absolute atomic E-state index is 0.0450. The van der Waals surface area contributed by atoms with Crippen LogP contribution in [0.4, 0.5) is 0 Å². The molecule has 0 spiro atoms. The van der Waals surface area contributed by atoms with E-state index in [4.69, 9.17) is 11.6 Å². The van der Waals surface area contributed by atoms with E-state index in [1.165, 1.54) is 5.41 Å². The largest absolute Gasteiger partial charge is 0.315 e. The minimum Gasteiger partial charge on any atom is -0.315 e. The zero-order chi connectivity index (χ0) is 15.3. The molecule has 4 nitrogen and oxygen atoms in total. The summed E-state index contributed by atoms with van der Waals surface area (Å²) in [5, 5.41) is 5.18. The Morgan fingerprint density at radius 1 is 1.38 bits per heavy atom. The molecule has 1 aliphatic rings. The first-order valence-corrected chi connectivity index (χ1v) is 9.07. The molecule has 0 bridgehead atoms. The van der Waals surface area contributed by atoms with Gasteiger partial charge in [-0.3, -0.25) is 0 Å². The Hall–Kier alpha value is -0.880. The van der Waals surface area contributed by atoms with Gasteiger partial charge in [0.05, 0.1) is 0 Å². The summed E-state index contributed by atoms with van der Waals surface area (Å²) in [6.07, 6.45) is 3.54. The van der Waals surface area contributed by atoms with Gasteiger partial charge in [-0.05, 0) is 43.2 Å². The SMILES string of the molecule is CCN(C1CCCNC1)S(=O)(=O)C=Cc1ccc(Cl)cc1. The molecule has 1 fully saturated rings. The highest BCUT2D eigenvalue weighted by Gasteiger charge is 2.27. The van der Waals surface area contributed by atoms with Gasteiger partial charge >= 0.3 is 0 Å². The molecule has 0 saturated carbocycles. The summed E-state index contributed by atoms with van der Waals surface area (Å²) < 4.78 is 26.5. The van der Waals surface area contributed by atoms with E-state index in [2.05, 4.69) is 5.32 Å². The van der Waals surface area contributed by atoms with Crippen LogP contribution in [0, 0.1) is 0 Å². The van der Waals surface area contributed by atoms with Gasteiger partial charge in [0.1, 0.15) is 0 Å². The zero-order valence-corrected chi connectivity index (χ0v) is 13.7. The summed E-state index contributed by atoms with van der Waals surface area (Å²) >= 11 is 5.82. The van der Waals surface area contributed by atoms with Gasteiger partial charge in [-0.15, -0.1) is 0 Å². The van der Waals surface area contributed by atoms with Crippen LogP contribution in [-0.2, 0) is 10.0 Å². The summed E-state index contributed by atoms with van der Waals surface area (Å²) in [5.74, 6) is 0. The van der Waals surface area contributed by atoms with E-state index in [1.807, 2.05) is 6.92 Å². The van der Waals surface area contributed by atoms with Crippen LogP contribution < -0.4 is 5.32 Å². The first-order chi connectivity index (χ1) is 10.0. The van der Waals surface area contributed by atoms with Crippen molar-refractivity contribution in [1.82, 2.24) is 9.62 Å². The number of hydrogen-bond donors (Lipinski definition) is 1. The molecule has 0 amide bonds. The van der Waals surface area contributed by atoms with Crippen molar-refractivity contribution in [3.05, 3.63) is 40.3 Å². The van der Waals surface area contributed by atoms with Gasteiger partial charge in [-0.25, -0.2) is 8.42 Å². The van der Waals surface area contributed by atoms with Gasteiger partial charge in [-0.2, -0.15) is 4.31 Å². The van der Waals surface area contributed by atoms with Crippen molar-refractivity contribution in [2.24, 2.45) is 0 Å². The fourth-order valence-electron chi connectivity index (χ4n) is 2.54. The quantitative estimate of drug-likeness (QED) is 0.904. The molecule has 0 aromatic heterocycles. The Labute approximate surface area is 131 Å². The zero-order valence-electron chi connectivity index (χ0n) is 12.1. The van der Waals surface area contributed by atoms with Gasteiger partial charge < -0.3 is 5.32 Å². The molecule has 1 unspecified atom stereocenters. The number of likely N-dealkylation sites (N-methyl/N-ethyl adjacent to an activating group) is 1. The Bertz CT molecular complexity index is 578. The molecule has 116 valence electrons. The van der Waals surface area contributed by atoms with E-state index >= 15 is 0 Å². The second-order valence-corrected chi connectivity index (χ2v) is 7.31. The van der Waals surface area contributed by atoms with Gasteiger partial charge in [-0.1, -0.05) is 30.7 Å². The molecule has 1 aromatic carbocycles.